The number of anilines is 1. The maximum Gasteiger partial charge on any atom is 0.416 e. The summed E-state index contributed by atoms with van der Waals surface area (Å²) < 4.78 is 37.8. The molecule has 2 rings (SSSR count). The highest BCUT2D eigenvalue weighted by molar-refractivity contribution is 6.02. The van der Waals surface area contributed by atoms with Gasteiger partial charge >= 0.3 is 6.18 Å². The first-order chi connectivity index (χ1) is 10.8. The molecule has 0 aliphatic rings. The number of rotatable bonds is 3. The van der Waals surface area contributed by atoms with E-state index in [-0.39, 0.29) is 17.0 Å². The van der Waals surface area contributed by atoms with E-state index in [4.69, 9.17) is 0 Å². The topological polar surface area (TPSA) is 49.3 Å². The molecule has 0 fully saturated rings. The van der Waals surface area contributed by atoms with E-state index in [0.717, 1.165) is 23.8 Å². The Morgan fingerprint density at radius 3 is 2.57 bits per heavy atom. The normalized spacial score (nSPS) is 11.7. The Kier molecular flexibility index (Phi) is 4.74. The first-order valence-electron chi connectivity index (χ1n) is 6.71. The van der Waals surface area contributed by atoms with Crippen LogP contribution in [0.3, 0.4) is 0 Å². The maximum absolute atomic E-state index is 12.6. The summed E-state index contributed by atoms with van der Waals surface area (Å²) in [7, 11) is 0. The van der Waals surface area contributed by atoms with Gasteiger partial charge in [0, 0.05) is 6.08 Å². The van der Waals surface area contributed by atoms with Crippen molar-refractivity contribution in [3.05, 3.63) is 65.2 Å². The van der Waals surface area contributed by atoms with Crippen molar-refractivity contribution in [1.29, 1.82) is 0 Å². The van der Waals surface area contributed by atoms with Gasteiger partial charge in [0.15, 0.2) is 0 Å². The molecule has 120 valence electrons. The van der Waals surface area contributed by atoms with Crippen molar-refractivity contribution in [1.82, 2.24) is 0 Å². The van der Waals surface area contributed by atoms with E-state index in [1.54, 1.807) is 19.1 Å². The van der Waals surface area contributed by atoms with Crippen molar-refractivity contribution in [3.63, 3.8) is 0 Å². The standard InChI is InChI=1S/C17H14F3NO2/c1-11-5-7-14(15(22)9-11)21-16(23)8-6-12-3-2-4-13(10-12)17(18,19)20/h2-10,22H,1H3,(H,21,23)/b8-6+. The number of nitrogens with one attached hydrogen (secondary N) is 1. The first kappa shape index (κ1) is 16.6. The monoisotopic (exact) mass is 321 g/mol. The molecule has 0 aliphatic carbocycles. The summed E-state index contributed by atoms with van der Waals surface area (Å²) >= 11 is 0. The van der Waals surface area contributed by atoms with Crippen molar-refractivity contribution < 1.29 is 23.1 Å². The van der Waals surface area contributed by atoms with Crippen LogP contribution in [-0.2, 0) is 11.0 Å². The molecule has 2 N–H and O–H groups in total. The number of carbonyl (C=O) groups excluding carboxylic acids is 1. The Balaban J connectivity index is 2.09. The molecule has 0 aliphatic heterocycles. The molecule has 0 radical (unpaired) electrons. The Labute approximate surface area is 131 Å². The molecule has 0 bridgehead atoms. The number of carbonyl (C=O) groups is 1. The van der Waals surface area contributed by atoms with E-state index in [2.05, 4.69) is 5.32 Å². The molecular weight excluding hydrogens is 307 g/mol. The smallest absolute Gasteiger partial charge is 0.416 e. The molecule has 0 unspecified atom stereocenters. The van der Waals surface area contributed by atoms with E-state index >= 15 is 0 Å². The summed E-state index contributed by atoms with van der Waals surface area (Å²) in [6, 6.07) is 9.39. The second-order valence-electron chi connectivity index (χ2n) is 4.97. The maximum atomic E-state index is 12.6. The van der Waals surface area contributed by atoms with Crippen LogP contribution < -0.4 is 5.32 Å². The van der Waals surface area contributed by atoms with Gasteiger partial charge in [0.1, 0.15) is 5.75 Å². The Bertz CT molecular complexity index is 752. The van der Waals surface area contributed by atoms with Gasteiger partial charge in [0.05, 0.1) is 11.3 Å². The second kappa shape index (κ2) is 6.56. The quantitative estimate of drug-likeness (QED) is 0.651. The minimum absolute atomic E-state index is 0.0779. The first-order valence-corrected chi connectivity index (χ1v) is 6.71. The van der Waals surface area contributed by atoms with Gasteiger partial charge in [0.25, 0.3) is 0 Å². The summed E-state index contributed by atoms with van der Waals surface area (Å²) in [5.74, 6) is -0.632. The molecule has 0 saturated heterocycles. The van der Waals surface area contributed by atoms with E-state index in [1.807, 2.05) is 0 Å². The number of hydrogen-bond acceptors (Lipinski definition) is 2. The number of benzene rings is 2. The van der Waals surface area contributed by atoms with Crippen molar-refractivity contribution in [2.45, 2.75) is 13.1 Å². The van der Waals surface area contributed by atoms with Crippen LogP contribution in [0, 0.1) is 6.92 Å². The van der Waals surface area contributed by atoms with Gasteiger partial charge in [-0.05, 0) is 48.4 Å². The average Bonchev–Trinajstić information content (AvgIpc) is 2.47. The number of aromatic hydroxyl groups is 1. The second-order valence-corrected chi connectivity index (χ2v) is 4.97. The molecule has 1 amide bonds. The van der Waals surface area contributed by atoms with Crippen molar-refractivity contribution >= 4 is 17.7 Å². The lowest BCUT2D eigenvalue weighted by Gasteiger charge is -2.07. The molecule has 0 spiro atoms. The highest BCUT2D eigenvalue weighted by Gasteiger charge is 2.30. The predicted molar refractivity (Wildman–Crippen MR) is 82.0 cm³/mol. The Hall–Kier alpha value is -2.76. The molecule has 3 nitrogen and oxygen atoms in total. The number of phenolic OH excluding ortho intramolecular Hbond substituents is 1. The summed E-state index contributed by atoms with van der Waals surface area (Å²) in [6.07, 6.45) is -2.05. The van der Waals surface area contributed by atoms with Crippen LogP contribution in [0.15, 0.2) is 48.5 Å². The van der Waals surface area contributed by atoms with E-state index < -0.39 is 17.6 Å². The number of aryl methyl sites for hydroxylation is 1. The summed E-state index contributed by atoms with van der Waals surface area (Å²) in [6.45, 7) is 1.79. The highest BCUT2D eigenvalue weighted by Crippen LogP contribution is 2.29. The van der Waals surface area contributed by atoms with E-state index in [1.165, 1.54) is 24.3 Å². The lowest BCUT2D eigenvalue weighted by molar-refractivity contribution is -0.137. The minimum Gasteiger partial charge on any atom is -0.506 e. The molecular formula is C17H14F3NO2. The summed E-state index contributed by atoms with van der Waals surface area (Å²) in [5.41, 5.74) is 0.536. The van der Waals surface area contributed by atoms with E-state index in [9.17, 15) is 23.1 Å². The molecule has 0 aromatic heterocycles. The van der Waals surface area contributed by atoms with Gasteiger partial charge < -0.3 is 10.4 Å². The van der Waals surface area contributed by atoms with Gasteiger partial charge in [0.2, 0.25) is 5.91 Å². The third kappa shape index (κ3) is 4.60. The van der Waals surface area contributed by atoms with Crippen LogP contribution >= 0.6 is 0 Å². The zero-order valence-corrected chi connectivity index (χ0v) is 12.2. The SMILES string of the molecule is Cc1ccc(NC(=O)/C=C/c2cccc(C(F)(F)F)c2)c(O)c1. The highest BCUT2D eigenvalue weighted by atomic mass is 19.4. The van der Waals surface area contributed by atoms with Crippen molar-refractivity contribution in [2.24, 2.45) is 0 Å². The summed E-state index contributed by atoms with van der Waals surface area (Å²) in [5, 5.41) is 12.1. The lowest BCUT2D eigenvalue weighted by atomic mass is 10.1. The third-order valence-corrected chi connectivity index (χ3v) is 3.05. The number of alkyl halides is 3. The van der Waals surface area contributed by atoms with Crippen LogP contribution in [-0.4, -0.2) is 11.0 Å². The van der Waals surface area contributed by atoms with Crippen molar-refractivity contribution in [2.75, 3.05) is 5.32 Å². The van der Waals surface area contributed by atoms with Crippen LogP contribution in [0.25, 0.3) is 6.08 Å². The zero-order chi connectivity index (χ0) is 17.0. The fraction of sp³-hybridized carbons (Fsp3) is 0.118. The predicted octanol–water partition coefficient (Wildman–Crippen LogP) is 4.37. The molecule has 23 heavy (non-hydrogen) atoms. The van der Waals surface area contributed by atoms with Gasteiger partial charge in [-0.15, -0.1) is 0 Å². The average molecular weight is 321 g/mol. The van der Waals surface area contributed by atoms with Crippen LogP contribution in [0.1, 0.15) is 16.7 Å². The van der Waals surface area contributed by atoms with Gasteiger partial charge in [-0.1, -0.05) is 18.2 Å². The van der Waals surface area contributed by atoms with Gasteiger partial charge in [-0.3, -0.25) is 4.79 Å². The fourth-order valence-electron chi connectivity index (χ4n) is 1.91. The molecule has 0 heterocycles. The zero-order valence-electron chi connectivity index (χ0n) is 12.2. The molecule has 0 saturated carbocycles. The third-order valence-electron chi connectivity index (χ3n) is 3.05. The number of phenols is 1. The Morgan fingerprint density at radius 2 is 1.91 bits per heavy atom. The number of hydrogen-bond donors (Lipinski definition) is 2. The molecule has 2 aromatic rings. The van der Waals surface area contributed by atoms with E-state index in [0.29, 0.717) is 0 Å². The molecule has 0 atom stereocenters. The minimum atomic E-state index is -4.43. The van der Waals surface area contributed by atoms with Crippen LogP contribution in [0.5, 0.6) is 5.75 Å². The van der Waals surface area contributed by atoms with Gasteiger partial charge in [-0.2, -0.15) is 13.2 Å². The fourth-order valence-corrected chi connectivity index (χ4v) is 1.91. The summed E-state index contributed by atoms with van der Waals surface area (Å²) in [4.78, 5) is 11.8. The number of amides is 1. The lowest BCUT2D eigenvalue weighted by Crippen LogP contribution is -2.08. The number of halogens is 3. The van der Waals surface area contributed by atoms with Crippen molar-refractivity contribution in [3.8, 4) is 5.75 Å². The molecule has 6 heteroatoms. The molecule has 2 aromatic carbocycles. The Morgan fingerprint density at radius 1 is 1.17 bits per heavy atom. The largest absolute Gasteiger partial charge is 0.506 e. The van der Waals surface area contributed by atoms with Gasteiger partial charge in [-0.25, -0.2) is 0 Å². The van der Waals surface area contributed by atoms with Crippen LogP contribution in [0.2, 0.25) is 0 Å². The van der Waals surface area contributed by atoms with Crippen LogP contribution in [0.4, 0.5) is 18.9 Å².